The van der Waals surface area contributed by atoms with E-state index in [1.165, 1.54) is 19.3 Å². The molecule has 1 unspecified atom stereocenters. The third kappa shape index (κ3) is 11.0. The van der Waals surface area contributed by atoms with Gasteiger partial charge >= 0.3 is 11.9 Å². The molecule has 20 heteroatoms. The number of carboxylic acids is 1. The van der Waals surface area contributed by atoms with Crippen LogP contribution in [0.2, 0.25) is 0 Å². The van der Waals surface area contributed by atoms with E-state index in [0.717, 1.165) is 19.1 Å². The Hall–Kier alpha value is -3.77. The molecule has 56 heavy (non-hydrogen) atoms. The van der Waals surface area contributed by atoms with Crippen LogP contribution in [0.4, 0.5) is 0 Å². The summed E-state index contributed by atoms with van der Waals surface area (Å²) in [7, 11) is 1.43. The Balaban J connectivity index is 1.77. The van der Waals surface area contributed by atoms with Gasteiger partial charge in [-0.2, -0.15) is 0 Å². The van der Waals surface area contributed by atoms with Gasteiger partial charge < -0.3 is 80.5 Å². The number of aliphatic hydroxyl groups excluding tert-OH is 5. The molecule has 3 aliphatic heterocycles. The minimum atomic E-state index is -3.07. The molecule has 4 aliphatic rings. The van der Waals surface area contributed by atoms with Gasteiger partial charge in [0.25, 0.3) is 0 Å². The molecule has 0 radical (unpaired) electrons. The highest BCUT2D eigenvalue weighted by molar-refractivity contribution is 5.94. The molecule has 4 rings (SSSR count). The van der Waals surface area contributed by atoms with E-state index in [1.807, 2.05) is 0 Å². The predicted octanol–water partition coefficient (Wildman–Crippen LogP) is -4.21. The summed E-state index contributed by atoms with van der Waals surface area (Å²) < 4.78 is 29.3. The van der Waals surface area contributed by atoms with Crippen LogP contribution in [-0.4, -0.2) is 161 Å². The Bertz CT molecular complexity index is 1510. The zero-order chi connectivity index (χ0) is 41.0. The van der Waals surface area contributed by atoms with Crippen LogP contribution in [0.3, 0.4) is 0 Å². The van der Waals surface area contributed by atoms with E-state index in [2.05, 4.69) is 22.2 Å². The number of likely N-dealkylation sites (N-methyl/N-ethyl adjacent to an activating group) is 1. The summed E-state index contributed by atoms with van der Waals surface area (Å²) in [4.78, 5) is 31.0. The number of aliphatic hydroxyl groups is 7. The van der Waals surface area contributed by atoms with Gasteiger partial charge in [-0.25, -0.2) is 9.59 Å². The van der Waals surface area contributed by atoms with E-state index in [9.17, 15) is 45.3 Å². The highest BCUT2D eigenvalue weighted by Crippen LogP contribution is 2.39. The van der Waals surface area contributed by atoms with Crippen molar-refractivity contribution in [1.82, 2.24) is 10.6 Å². The normalized spacial score (nSPS) is 30.4. The standard InChI is InChI=1S/C36H55N5O15/c1-3-22-23(10-9-20-15-41(12-14-43)16-24(31(47)48)28(20)40-35(37)39-11-6-13-42)25(32(49)53-21-7-4-5-8-21)19-52-33(22)56-34-30(55-27(18-45)38-2)36(50,51)29(46)26(17-44)54-34/h3,9-10,16,19,21-23,26-27,29-30,33-34,38,42-46,50-51H,1,4-8,11-15,17-18H2,2H3,(H,47,48)(H3,37,39,40)/p+1/b10-9+/t22-,23+,26-,27-,29-,30+,33+,34+/m1/s1. The first kappa shape index (κ1) is 44.9. The number of aliphatic carboxylic acids is 1. The summed E-state index contributed by atoms with van der Waals surface area (Å²) >= 11 is 0. The van der Waals surface area contributed by atoms with Crippen LogP contribution in [0.5, 0.6) is 0 Å². The van der Waals surface area contributed by atoms with Crippen molar-refractivity contribution in [2.75, 3.05) is 53.1 Å². The summed E-state index contributed by atoms with van der Waals surface area (Å²) in [6, 6.07) is 0. The molecule has 9 atom stereocenters. The number of quaternary nitrogens is 1. The number of carbonyl (C=O) groups is 2. The average Bonchev–Trinajstić information content (AvgIpc) is 3.69. The van der Waals surface area contributed by atoms with E-state index in [-0.39, 0.29) is 61.8 Å². The van der Waals surface area contributed by atoms with E-state index in [4.69, 9.17) is 34.5 Å². The van der Waals surface area contributed by atoms with E-state index in [0.29, 0.717) is 29.7 Å². The van der Waals surface area contributed by atoms with Gasteiger partial charge in [0.05, 0.1) is 43.3 Å². The van der Waals surface area contributed by atoms with E-state index < -0.39 is 79.9 Å². The Morgan fingerprint density at radius 1 is 1.18 bits per heavy atom. The molecule has 1 saturated heterocycles. The second-order valence-corrected chi connectivity index (χ2v) is 13.7. The highest BCUT2D eigenvalue weighted by Gasteiger charge is 2.58. The minimum Gasteiger partial charge on any atom is -0.477 e. The first-order valence-corrected chi connectivity index (χ1v) is 18.5. The van der Waals surface area contributed by atoms with Gasteiger partial charge in [-0.15, -0.1) is 6.58 Å². The molecule has 0 spiro atoms. The van der Waals surface area contributed by atoms with Crippen LogP contribution >= 0.6 is 0 Å². The number of esters is 1. The number of guanidine groups is 1. The number of nitrogens with one attached hydrogen (secondary N) is 3. The number of aliphatic imine (C=N–C) groups is 1. The first-order chi connectivity index (χ1) is 26.8. The monoisotopic (exact) mass is 798 g/mol. The maximum absolute atomic E-state index is 13.8. The average molecular weight is 799 g/mol. The molecule has 0 aromatic heterocycles. The van der Waals surface area contributed by atoms with E-state index >= 15 is 0 Å². The smallest absolute Gasteiger partial charge is 0.343 e. The van der Waals surface area contributed by atoms with Crippen LogP contribution in [0, 0.1) is 11.8 Å². The molecule has 3 heterocycles. The van der Waals surface area contributed by atoms with Gasteiger partial charge in [-0.3, -0.25) is 10.3 Å². The van der Waals surface area contributed by atoms with Crippen LogP contribution < -0.4 is 21.3 Å². The van der Waals surface area contributed by atoms with Gasteiger partial charge in [0.15, 0.2) is 18.4 Å². The molecule has 0 aromatic carbocycles. The van der Waals surface area contributed by atoms with Crippen molar-refractivity contribution >= 4 is 17.9 Å². The molecule has 13 N–H and O–H groups in total. The lowest BCUT2D eigenvalue weighted by Crippen LogP contribution is -3.09. The predicted molar refractivity (Wildman–Crippen MR) is 194 cm³/mol. The van der Waals surface area contributed by atoms with Crippen molar-refractivity contribution in [2.24, 2.45) is 22.6 Å². The summed E-state index contributed by atoms with van der Waals surface area (Å²) in [5, 5.41) is 86.9. The van der Waals surface area contributed by atoms with Crippen LogP contribution in [-0.2, 0) is 33.3 Å². The summed E-state index contributed by atoms with van der Waals surface area (Å²) in [6.45, 7) is 2.58. The van der Waals surface area contributed by atoms with E-state index in [1.54, 1.807) is 12.2 Å². The molecule has 0 bridgehead atoms. The lowest BCUT2D eigenvalue weighted by atomic mass is 9.83. The third-order valence-electron chi connectivity index (χ3n) is 9.89. The Labute approximate surface area is 323 Å². The van der Waals surface area contributed by atoms with Gasteiger partial charge in [0.1, 0.15) is 49.4 Å². The van der Waals surface area contributed by atoms with Crippen molar-refractivity contribution < 1.29 is 79.0 Å². The van der Waals surface area contributed by atoms with Crippen LogP contribution in [0.25, 0.3) is 0 Å². The molecule has 1 saturated carbocycles. The van der Waals surface area contributed by atoms with Gasteiger partial charge in [0, 0.05) is 24.6 Å². The molecular weight excluding hydrogens is 742 g/mol. The summed E-state index contributed by atoms with van der Waals surface area (Å²) in [6.07, 6.45) is 0.467. The van der Waals surface area contributed by atoms with Crippen molar-refractivity contribution in [3.8, 4) is 0 Å². The SMILES string of the molecule is C=C[C@H]1[C@H](O[C@@H]2O[C@H](CO)[C@@H](O)C(O)(O)[C@H]2O[C@H](CO)NC)OC=C(C(=O)OC2CCCC2)[C@H]1/C=C/C1=C(NC(N)=NCCCO)C(C(=O)O)=C[NH+](CCO)C1. The topological polar surface area (TPSA) is 309 Å². The quantitative estimate of drug-likeness (QED) is 0.0147. The largest absolute Gasteiger partial charge is 0.477 e. The molecule has 314 valence electrons. The number of rotatable bonds is 19. The van der Waals surface area contributed by atoms with Crippen molar-refractivity contribution in [2.45, 2.75) is 81.1 Å². The maximum Gasteiger partial charge on any atom is 0.343 e. The number of carboxylic acid groups (broad SMARTS) is 1. The fourth-order valence-electron chi connectivity index (χ4n) is 6.84. The molecule has 20 nitrogen and oxygen atoms in total. The number of allylic oxidation sites excluding steroid dienone is 1. The second kappa shape index (κ2) is 21.1. The Morgan fingerprint density at radius 3 is 2.52 bits per heavy atom. The molecular formula is C36H56N5O15+. The van der Waals surface area contributed by atoms with Crippen LogP contribution in [0.1, 0.15) is 32.1 Å². The number of nitrogens with two attached hydrogens (primary N) is 1. The zero-order valence-corrected chi connectivity index (χ0v) is 31.2. The van der Waals surface area contributed by atoms with Crippen molar-refractivity contribution in [1.29, 1.82) is 0 Å². The van der Waals surface area contributed by atoms with Gasteiger partial charge in [0.2, 0.25) is 12.1 Å². The molecule has 2 fully saturated rings. The fraction of sp³-hybridized carbons (Fsp3) is 0.639. The molecule has 0 amide bonds. The zero-order valence-electron chi connectivity index (χ0n) is 31.2. The summed E-state index contributed by atoms with van der Waals surface area (Å²) in [5.41, 5.74) is 6.50. The third-order valence-corrected chi connectivity index (χ3v) is 9.89. The number of nitrogens with zero attached hydrogens (tertiary/aromatic N) is 1. The number of carbonyl (C=O) groups excluding carboxylic acids is 1. The first-order valence-electron chi connectivity index (χ1n) is 18.5. The van der Waals surface area contributed by atoms with Crippen molar-refractivity contribution in [3.05, 3.63) is 59.7 Å². The highest BCUT2D eigenvalue weighted by atomic mass is 16.8. The number of ether oxygens (including phenoxy) is 5. The van der Waals surface area contributed by atoms with Gasteiger partial charge in [-0.1, -0.05) is 18.2 Å². The Morgan fingerprint density at radius 2 is 1.91 bits per heavy atom. The maximum atomic E-state index is 13.8. The van der Waals surface area contributed by atoms with Crippen molar-refractivity contribution in [3.63, 3.8) is 0 Å². The lowest BCUT2D eigenvalue weighted by Gasteiger charge is -2.48. The summed E-state index contributed by atoms with van der Waals surface area (Å²) in [5.74, 6) is -7.05. The van der Waals surface area contributed by atoms with Gasteiger partial charge in [-0.05, 0) is 39.2 Å². The number of hydrogen-bond donors (Lipinski definition) is 12. The molecule has 1 aliphatic carbocycles. The lowest BCUT2D eigenvalue weighted by molar-refractivity contribution is -0.843. The second-order valence-electron chi connectivity index (χ2n) is 13.7. The van der Waals surface area contributed by atoms with Crippen LogP contribution in [0.15, 0.2) is 64.7 Å². The number of hydrogen-bond acceptors (Lipinski definition) is 16. The fourth-order valence-corrected chi connectivity index (χ4v) is 6.84. The molecule has 0 aromatic rings. The minimum absolute atomic E-state index is 0.0534. The Kier molecular flexibility index (Phi) is 16.9.